The molecule has 0 N–H and O–H groups in total. The fraction of sp³-hybridized carbons (Fsp3) is 0.300. The Morgan fingerprint density at radius 1 is 0.905 bits per heavy atom. The van der Waals surface area contributed by atoms with Gasteiger partial charge in [-0.3, -0.25) is 0 Å². The minimum absolute atomic E-state index is 0.943. The van der Waals surface area contributed by atoms with Crippen LogP contribution in [0.3, 0.4) is 0 Å². The topological polar surface area (TPSA) is 9.23 Å². The molecule has 2 rings (SSSR count). The fourth-order valence-electron chi connectivity index (χ4n) is 1.99. The summed E-state index contributed by atoms with van der Waals surface area (Å²) in [5.41, 5.74) is 5.04. The third-order valence-corrected chi connectivity index (χ3v) is 3.42. The predicted octanol–water partition coefficient (Wildman–Crippen LogP) is 5.82. The lowest BCUT2D eigenvalue weighted by molar-refractivity contribution is 0.412. The van der Waals surface area contributed by atoms with E-state index in [1.165, 1.54) is 22.3 Å². The number of allylic oxidation sites excluding steroid dienone is 2. The number of ether oxygens (including phenoxy) is 1. The van der Waals surface area contributed by atoms with Gasteiger partial charge < -0.3 is 4.74 Å². The highest BCUT2D eigenvalue weighted by Crippen LogP contribution is 2.26. The van der Waals surface area contributed by atoms with E-state index in [-0.39, 0.29) is 0 Å². The molecule has 0 saturated heterocycles. The number of aryl methyl sites for hydroxylation is 2. The van der Waals surface area contributed by atoms with Crippen LogP contribution in [0.5, 0.6) is 5.75 Å². The molecule has 0 unspecified atom stereocenters. The molecule has 0 aromatic heterocycles. The maximum Gasteiger partial charge on any atom is 0.121 e. The molecule has 2 aromatic rings. The van der Waals surface area contributed by atoms with Gasteiger partial charge in [-0.15, -0.1) is 0 Å². The van der Waals surface area contributed by atoms with Gasteiger partial charge in [0.15, 0.2) is 0 Å². The van der Waals surface area contributed by atoms with E-state index in [0.29, 0.717) is 0 Å². The van der Waals surface area contributed by atoms with Crippen molar-refractivity contribution in [2.45, 2.75) is 34.1 Å². The molecule has 21 heavy (non-hydrogen) atoms. The van der Waals surface area contributed by atoms with E-state index in [1.54, 1.807) is 7.11 Å². The number of hydrogen-bond acceptors (Lipinski definition) is 1. The minimum Gasteiger partial charge on any atom is -0.496 e. The first-order valence-corrected chi connectivity index (χ1v) is 7.47. The summed E-state index contributed by atoms with van der Waals surface area (Å²) in [6, 6.07) is 15.0. The molecule has 0 heterocycles. The van der Waals surface area contributed by atoms with Crippen LogP contribution in [0.4, 0.5) is 0 Å². The maximum absolute atomic E-state index is 5.27. The monoisotopic (exact) mass is 282 g/mol. The van der Waals surface area contributed by atoms with E-state index >= 15 is 0 Å². The van der Waals surface area contributed by atoms with Crippen molar-refractivity contribution in [3.8, 4) is 16.9 Å². The maximum atomic E-state index is 5.27. The van der Waals surface area contributed by atoms with Gasteiger partial charge in [0, 0.05) is 0 Å². The summed E-state index contributed by atoms with van der Waals surface area (Å²) < 4.78 is 5.27. The summed E-state index contributed by atoms with van der Waals surface area (Å²) in [4.78, 5) is 0. The molecule has 112 valence electrons. The largest absolute Gasteiger partial charge is 0.496 e. The molecule has 0 aliphatic heterocycles. The second kappa shape index (κ2) is 9.02. The van der Waals surface area contributed by atoms with Crippen molar-refractivity contribution in [1.29, 1.82) is 0 Å². The zero-order chi connectivity index (χ0) is 15.7. The van der Waals surface area contributed by atoms with Crippen molar-refractivity contribution in [3.05, 3.63) is 65.7 Å². The van der Waals surface area contributed by atoms with Crippen molar-refractivity contribution >= 4 is 0 Å². The Morgan fingerprint density at radius 3 is 1.90 bits per heavy atom. The zero-order valence-electron chi connectivity index (χ0n) is 13.8. The average molecular weight is 282 g/mol. The lowest BCUT2D eigenvalue weighted by atomic mass is 10.0. The van der Waals surface area contributed by atoms with Crippen LogP contribution in [0.1, 0.15) is 31.9 Å². The molecule has 0 fully saturated rings. The molecule has 0 spiro atoms. The Kier molecular flexibility index (Phi) is 7.31. The summed E-state index contributed by atoms with van der Waals surface area (Å²) in [6.45, 7) is 8.25. The van der Waals surface area contributed by atoms with E-state index in [0.717, 1.165) is 12.2 Å². The van der Waals surface area contributed by atoms with Gasteiger partial charge in [0.2, 0.25) is 0 Å². The summed E-state index contributed by atoms with van der Waals surface area (Å²) in [5.74, 6) is 0.943. The van der Waals surface area contributed by atoms with Crippen LogP contribution in [-0.4, -0.2) is 7.11 Å². The van der Waals surface area contributed by atoms with Crippen molar-refractivity contribution in [2.24, 2.45) is 0 Å². The second-order valence-electron chi connectivity index (χ2n) is 4.90. The SMILES string of the molecule is C/C=C\C.CCc1ccc(-c2ccc(OC)c(C)c2)cc1. The first kappa shape index (κ1) is 17.0. The van der Waals surface area contributed by atoms with Crippen molar-refractivity contribution < 1.29 is 4.74 Å². The van der Waals surface area contributed by atoms with Crippen LogP contribution in [0, 0.1) is 6.92 Å². The Hall–Kier alpha value is -2.02. The van der Waals surface area contributed by atoms with Gasteiger partial charge in [-0.05, 0) is 61.6 Å². The summed E-state index contributed by atoms with van der Waals surface area (Å²) in [6.07, 6.45) is 5.09. The van der Waals surface area contributed by atoms with Crippen LogP contribution in [0.15, 0.2) is 54.6 Å². The van der Waals surface area contributed by atoms with Gasteiger partial charge in [0.25, 0.3) is 0 Å². The van der Waals surface area contributed by atoms with Crippen molar-refractivity contribution in [1.82, 2.24) is 0 Å². The minimum atomic E-state index is 0.943. The lowest BCUT2D eigenvalue weighted by Crippen LogP contribution is -1.88. The molecule has 1 nitrogen and oxygen atoms in total. The van der Waals surface area contributed by atoms with Gasteiger partial charge in [-0.25, -0.2) is 0 Å². The molecule has 0 amide bonds. The lowest BCUT2D eigenvalue weighted by Gasteiger charge is -2.08. The van der Waals surface area contributed by atoms with E-state index in [2.05, 4.69) is 50.2 Å². The van der Waals surface area contributed by atoms with Crippen LogP contribution in [0.25, 0.3) is 11.1 Å². The zero-order valence-corrected chi connectivity index (χ0v) is 13.8. The summed E-state index contributed by atoms with van der Waals surface area (Å²) in [5, 5.41) is 0. The van der Waals surface area contributed by atoms with Gasteiger partial charge in [-0.1, -0.05) is 49.4 Å². The average Bonchev–Trinajstić information content (AvgIpc) is 2.55. The first-order valence-electron chi connectivity index (χ1n) is 7.47. The van der Waals surface area contributed by atoms with Gasteiger partial charge >= 0.3 is 0 Å². The number of hydrogen-bond donors (Lipinski definition) is 0. The third kappa shape index (κ3) is 5.11. The highest BCUT2D eigenvalue weighted by Gasteiger charge is 2.02. The van der Waals surface area contributed by atoms with Crippen LogP contribution < -0.4 is 4.74 Å². The number of benzene rings is 2. The molecule has 0 aliphatic carbocycles. The van der Waals surface area contributed by atoms with Gasteiger partial charge in [0.05, 0.1) is 7.11 Å². The van der Waals surface area contributed by atoms with Crippen molar-refractivity contribution in [3.63, 3.8) is 0 Å². The van der Waals surface area contributed by atoms with Gasteiger partial charge in [0.1, 0.15) is 5.75 Å². The van der Waals surface area contributed by atoms with Gasteiger partial charge in [-0.2, -0.15) is 0 Å². The quantitative estimate of drug-likeness (QED) is 0.645. The molecule has 2 aromatic carbocycles. The predicted molar refractivity (Wildman–Crippen MR) is 93.0 cm³/mol. The Balaban J connectivity index is 0.000000491. The Bertz CT molecular complexity index is 561. The fourth-order valence-corrected chi connectivity index (χ4v) is 1.99. The van der Waals surface area contributed by atoms with E-state index in [4.69, 9.17) is 4.74 Å². The summed E-state index contributed by atoms with van der Waals surface area (Å²) >= 11 is 0. The van der Waals surface area contributed by atoms with Crippen LogP contribution >= 0.6 is 0 Å². The molecule has 0 bridgehead atoms. The third-order valence-electron chi connectivity index (χ3n) is 3.42. The van der Waals surface area contributed by atoms with Crippen LogP contribution in [0.2, 0.25) is 0 Å². The number of rotatable bonds is 3. The molecule has 0 radical (unpaired) electrons. The number of methoxy groups -OCH3 is 1. The van der Waals surface area contributed by atoms with Crippen molar-refractivity contribution in [2.75, 3.05) is 7.11 Å². The Labute approximate surface area is 129 Å². The van der Waals surface area contributed by atoms with Crippen LogP contribution in [-0.2, 0) is 6.42 Å². The highest BCUT2D eigenvalue weighted by atomic mass is 16.5. The Morgan fingerprint density at radius 2 is 1.48 bits per heavy atom. The smallest absolute Gasteiger partial charge is 0.121 e. The first-order chi connectivity index (χ1) is 10.2. The normalized spacial score (nSPS) is 10.1. The molecule has 0 saturated carbocycles. The van der Waals surface area contributed by atoms with E-state index in [9.17, 15) is 0 Å². The highest BCUT2D eigenvalue weighted by molar-refractivity contribution is 5.65. The second-order valence-corrected chi connectivity index (χ2v) is 4.90. The molecule has 0 aliphatic rings. The molecular formula is C20H26O. The standard InChI is InChI=1S/C16H18O.C4H8/c1-4-13-5-7-14(8-6-13)15-9-10-16(17-3)12(2)11-15;1-3-4-2/h5-11H,4H2,1-3H3;3-4H,1-2H3/b;4-3-. The molecule has 1 heteroatoms. The van der Waals surface area contributed by atoms with E-state index in [1.807, 2.05) is 32.1 Å². The molecule has 0 atom stereocenters. The summed E-state index contributed by atoms with van der Waals surface area (Å²) in [7, 11) is 1.71. The van der Waals surface area contributed by atoms with E-state index < -0.39 is 0 Å². The molecular weight excluding hydrogens is 256 g/mol.